The lowest BCUT2D eigenvalue weighted by molar-refractivity contribution is 0.475. The number of nitrogens with zero attached hydrogens (tertiary/aromatic N) is 1. The lowest BCUT2D eigenvalue weighted by Crippen LogP contribution is -2.38. The van der Waals surface area contributed by atoms with E-state index in [4.69, 9.17) is 0 Å². The Balaban J connectivity index is 1.58. The van der Waals surface area contributed by atoms with Gasteiger partial charge in [-0.05, 0) is 42.7 Å². The van der Waals surface area contributed by atoms with Gasteiger partial charge in [0.2, 0.25) is 0 Å². The van der Waals surface area contributed by atoms with E-state index in [1.807, 2.05) is 18.2 Å². The molecule has 0 fully saturated rings. The number of hydrogen-bond acceptors (Lipinski definition) is 2. The summed E-state index contributed by atoms with van der Waals surface area (Å²) in [5.74, 6) is 1.08. The van der Waals surface area contributed by atoms with Crippen LogP contribution in [0.25, 0.3) is 10.9 Å². The number of fused-ring (bicyclic) bond motifs is 1. The van der Waals surface area contributed by atoms with Crippen molar-refractivity contribution in [3.63, 3.8) is 0 Å². The first-order chi connectivity index (χ1) is 12.3. The molecule has 0 atom stereocenters. The average Bonchev–Trinajstić information content (AvgIpc) is 3.04. The van der Waals surface area contributed by atoms with Crippen LogP contribution in [0.2, 0.25) is 0 Å². The van der Waals surface area contributed by atoms with Crippen LogP contribution in [0.4, 0.5) is 0 Å². The smallest absolute Gasteiger partial charge is 0.191 e. The third-order valence-electron chi connectivity index (χ3n) is 4.06. The number of aromatic nitrogens is 1. The maximum absolute atomic E-state index is 9.34. The Labute approximate surface area is 147 Å². The highest BCUT2D eigenvalue weighted by Gasteiger charge is 2.03. The van der Waals surface area contributed by atoms with Crippen molar-refractivity contribution in [1.29, 1.82) is 0 Å². The standard InChI is InChI=1S/C20H24N4O/c1-2-21-20(24-13-15-7-9-17(25)10-8-15)22-12-11-16-14-23-19-6-4-3-5-18(16)19/h3-10,14,23,25H,2,11-13H2,1H3,(H2,21,22,24). The minimum absolute atomic E-state index is 0.275. The summed E-state index contributed by atoms with van der Waals surface area (Å²) in [5.41, 5.74) is 3.54. The molecule has 0 bridgehead atoms. The Kier molecular flexibility index (Phi) is 5.57. The molecule has 0 aliphatic rings. The zero-order valence-corrected chi connectivity index (χ0v) is 14.4. The first-order valence-electron chi connectivity index (χ1n) is 8.61. The number of benzene rings is 2. The van der Waals surface area contributed by atoms with Crippen molar-refractivity contribution in [2.24, 2.45) is 4.99 Å². The zero-order chi connectivity index (χ0) is 17.5. The Bertz CT molecular complexity index is 836. The number of para-hydroxylation sites is 1. The molecule has 2 aromatic carbocycles. The molecule has 5 nitrogen and oxygen atoms in total. The zero-order valence-electron chi connectivity index (χ0n) is 14.4. The molecule has 0 saturated heterocycles. The topological polar surface area (TPSA) is 72.4 Å². The minimum Gasteiger partial charge on any atom is -0.508 e. The van der Waals surface area contributed by atoms with E-state index < -0.39 is 0 Å². The van der Waals surface area contributed by atoms with Gasteiger partial charge >= 0.3 is 0 Å². The largest absolute Gasteiger partial charge is 0.508 e. The van der Waals surface area contributed by atoms with Crippen molar-refractivity contribution in [2.75, 3.05) is 13.1 Å². The summed E-state index contributed by atoms with van der Waals surface area (Å²) in [6.07, 6.45) is 3.00. The molecule has 0 aliphatic carbocycles. The van der Waals surface area contributed by atoms with Crippen LogP contribution in [-0.4, -0.2) is 29.1 Å². The van der Waals surface area contributed by atoms with E-state index in [0.29, 0.717) is 6.54 Å². The number of phenols is 1. The van der Waals surface area contributed by atoms with Gasteiger partial charge in [0, 0.05) is 30.2 Å². The Morgan fingerprint density at radius 1 is 1.08 bits per heavy atom. The molecule has 3 aromatic rings. The van der Waals surface area contributed by atoms with Gasteiger partial charge in [-0.25, -0.2) is 4.99 Å². The monoisotopic (exact) mass is 336 g/mol. The van der Waals surface area contributed by atoms with Gasteiger partial charge in [0.15, 0.2) is 5.96 Å². The van der Waals surface area contributed by atoms with Gasteiger partial charge in [0.05, 0.1) is 6.54 Å². The second-order valence-corrected chi connectivity index (χ2v) is 5.90. The second-order valence-electron chi connectivity index (χ2n) is 5.90. The normalized spacial score (nSPS) is 11.6. The average molecular weight is 336 g/mol. The molecule has 0 aliphatic heterocycles. The van der Waals surface area contributed by atoms with E-state index in [2.05, 4.69) is 51.9 Å². The molecule has 1 heterocycles. The first-order valence-corrected chi connectivity index (χ1v) is 8.61. The van der Waals surface area contributed by atoms with Gasteiger partial charge in [-0.15, -0.1) is 0 Å². The van der Waals surface area contributed by atoms with Gasteiger partial charge in [-0.1, -0.05) is 30.3 Å². The van der Waals surface area contributed by atoms with Crippen molar-refractivity contribution >= 4 is 16.9 Å². The number of aromatic amines is 1. The number of rotatable bonds is 6. The maximum atomic E-state index is 9.34. The fourth-order valence-corrected chi connectivity index (χ4v) is 2.77. The molecule has 0 amide bonds. The molecule has 0 radical (unpaired) electrons. The molecule has 0 saturated carbocycles. The van der Waals surface area contributed by atoms with Crippen LogP contribution in [0, 0.1) is 0 Å². The van der Waals surface area contributed by atoms with Crippen LogP contribution in [0.3, 0.4) is 0 Å². The van der Waals surface area contributed by atoms with Crippen LogP contribution in [0.5, 0.6) is 5.75 Å². The molecular weight excluding hydrogens is 312 g/mol. The Hall–Kier alpha value is -2.95. The predicted octanol–water partition coefficient (Wildman–Crippen LogP) is 3.17. The first kappa shape index (κ1) is 16.9. The highest BCUT2D eigenvalue weighted by Crippen LogP contribution is 2.17. The van der Waals surface area contributed by atoms with Crippen LogP contribution < -0.4 is 10.6 Å². The third kappa shape index (κ3) is 4.53. The number of nitrogens with one attached hydrogen (secondary N) is 3. The molecular formula is C20H24N4O. The third-order valence-corrected chi connectivity index (χ3v) is 4.06. The van der Waals surface area contributed by atoms with E-state index >= 15 is 0 Å². The van der Waals surface area contributed by atoms with Crippen molar-refractivity contribution in [1.82, 2.24) is 15.6 Å². The van der Waals surface area contributed by atoms with Gasteiger partial charge in [-0.3, -0.25) is 0 Å². The SMILES string of the molecule is CCNC(=NCc1ccc(O)cc1)NCCc1c[nH]c2ccccc12. The van der Waals surface area contributed by atoms with Crippen LogP contribution in [0.1, 0.15) is 18.1 Å². The van der Waals surface area contributed by atoms with Crippen molar-refractivity contribution < 1.29 is 5.11 Å². The van der Waals surface area contributed by atoms with Gasteiger partial charge in [-0.2, -0.15) is 0 Å². The fraction of sp³-hybridized carbons (Fsp3) is 0.250. The van der Waals surface area contributed by atoms with E-state index in [0.717, 1.165) is 31.0 Å². The summed E-state index contributed by atoms with van der Waals surface area (Å²) >= 11 is 0. The van der Waals surface area contributed by atoms with Gasteiger partial charge in [0.1, 0.15) is 5.75 Å². The van der Waals surface area contributed by atoms with Crippen molar-refractivity contribution in [3.05, 3.63) is 65.9 Å². The van der Waals surface area contributed by atoms with E-state index in [1.54, 1.807) is 12.1 Å². The number of hydrogen-bond donors (Lipinski definition) is 4. The molecule has 130 valence electrons. The summed E-state index contributed by atoms with van der Waals surface area (Å²) in [4.78, 5) is 7.91. The number of phenolic OH excluding ortho intramolecular Hbond substituents is 1. The van der Waals surface area contributed by atoms with Crippen LogP contribution in [-0.2, 0) is 13.0 Å². The molecule has 1 aromatic heterocycles. The van der Waals surface area contributed by atoms with E-state index in [9.17, 15) is 5.11 Å². The summed E-state index contributed by atoms with van der Waals surface area (Å²) in [5, 5.41) is 17.3. The maximum Gasteiger partial charge on any atom is 0.191 e. The quantitative estimate of drug-likeness (QED) is 0.413. The lowest BCUT2D eigenvalue weighted by atomic mass is 10.1. The van der Waals surface area contributed by atoms with Gasteiger partial charge in [0.25, 0.3) is 0 Å². The fourth-order valence-electron chi connectivity index (χ4n) is 2.77. The molecule has 0 unspecified atom stereocenters. The molecule has 4 N–H and O–H groups in total. The number of aromatic hydroxyl groups is 1. The van der Waals surface area contributed by atoms with Crippen molar-refractivity contribution in [3.8, 4) is 5.75 Å². The highest BCUT2D eigenvalue weighted by molar-refractivity contribution is 5.83. The molecule has 0 spiro atoms. The number of H-pyrrole nitrogens is 1. The molecule has 3 rings (SSSR count). The van der Waals surface area contributed by atoms with E-state index in [1.165, 1.54) is 16.5 Å². The molecule has 25 heavy (non-hydrogen) atoms. The van der Waals surface area contributed by atoms with Crippen molar-refractivity contribution in [2.45, 2.75) is 19.9 Å². The van der Waals surface area contributed by atoms with Crippen LogP contribution >= 0.6 is 0 Å². The van der Waals surface area contributed by atoms with Crippen LogP contribution in [0.15, 0.2) is 59.7 Å². The second kappa shape index (κ2) is 8.24. The van der Waals surface area contributed by atoms with Gasteiger partial charge < -0.3 is 20.7 Å². The predicted molar refractivity (Wildman–Crippen MR) is 103 cm³/mol. The Morgan fingerprint density at radius 2 is 1.88 bits per heavy atom. The summed E-state index contributed by atoms with van der Waals surface area (Å²) in [6, 6.07) is 15.5. The number of aliphatic imine (C=N–C) groups is 1. The summed E-state index contributed by atoms with van der Waals surface area (Å²) in [6.45, 7) is 4.25. The lowest BCUT2D eigenvalue weighted by Gasteiger charge is -2.11. The van der Waals surface area contributed by atoms with E-state index in [-0.39, 0.29) is 5.75 Å². The summed E-state index contributed by atoms with van der Waals surface area (Å²) in [7, 11) is 0. The Morgan fingerprint density at radius 3 is 2.68 bits per heavy atom. The summed E-state index contributed by atoms with van der Waals surface area (Å²) < 4.78 is 0. The number of guanidine groups is 1. The highest BCUT2D eigenvalue weighted by atomic mass is 16.3. The molecule has 5 heteroatoms. The minimum atomic E-state index is 0.275.